The Balaban J connectivity index is 1.32. The molecule has 2 aliphatic rings. The van der Waals surface area contributed by atoms with Crippen molar-refractivity contribution in [3.63, 3.8) is 0 Å². The second-order valence-corrected chi connectivity index (χ2v) is 7.40. The summed E-state index contributed by atoms with van der Waals surface area (Å²) in [5, 5.41) is 1.41. The van der Waals surface area contributed by atoms with Gasteiger partial charge in [0, 0.05) is 0 Å². The van der Waals surface area contributed by atoms with Crippen LogP contribution in [0.1, 0.15) is 29.9 Å². The number of ether oxygens (including phenoxy) is 1. The molecule has 1 atom stereocenters. The molecule has 0 bridgehead atoms. The molecule has 2 aromatic rings. The lowest BCUT2D eigenvalue weighted by molar-refractivity contribution is -0.164. The Kier molecular flexibility index (Phi) is 5.59. The molecule has 4 rings (SSSR count). The Morgan fingerprint density at radius 1 is 1.07 bits per heavy atom. The van der Waals surface area contributed by atoms with Gasteiger partial charge >= 0.3 is 0 Å². The van der Waals surface area contributed by atoms with E-state index in [9.17, 15) is 9.18 Å². The minimum Gasteiger partial charge on any atom is -0.497 e. The molecule has 6 heteroatoms. The van der Waals surface area contributed by atoms with Crippen LogP contribution in [0.3, 0.4) is 0 Å². The van der Waals surface area contributed by atoms with Crippen molar-refractivity contribution in [2.75, 3.05) is 26.8 Å². The fourth-order valence-electron chi connectivity index (χ4n) is 4.02. The highest BCUT2D eigenvalue weighted by atomic mass is 19.1. The molecule has 2 heterocycles. The lowest BCUT2D eigenvalue weighted by Gasteiger charge is -2.34. The Morgan fingerprint density at radius 3 is 2.39 bits per heavy atom. The summed E-state index contributed by atoms with van der Waals surface area (Å²) in [5.74, 6) is 1.09. The molecule has 0 aliphatic carbocycles. The van der Waals surface area contributed by atoms with Gasteiger partial charge in [-0.25, -0.2) is 9.45 Å². The molecule has 28 heavy (non-hydrogen) atoms. The first kappa shape index (κ1) is 18.9. The second-order valence-electron chi connectivity index (χ2n) is 7.40. The number of hydrogen-bond acceptors (Lipinski definition) is 4. The van der Waals surface area contributed by atoms with Crippen molar-refractivity contribution in [3.05, 3.63) is 65.5 Å². The topological polar surface area (TPSA) is 42.0 Å². The predicted octanol–water partition coefficient (Wildman–Crippen LogP) is 3.36. The Hall–Kier alpha value is -2.44. The van der Waals surface area contributed by atoms with Crippen molar-refractivity contribution in [1.82, 2.24) is 9.96 Å². The van der Waals surface area contributed by atoms with Crippen LogP contribution < -0.4 is 4.74 Å². The fourth-order valence-corrected chi connectivity index (χ4v) is 4.02. The summed E-state index contributed by atoms with van der Waals surface area (Å²) in [6.07, 6.45) is 2.04. The van der Waals surface area contributed by atoms with Gasteiger partial charge in [0.25, 0.3) is 5.91 Å². The van der Waals surface area contributed by atoms with Gasteiger partial charge in [0.1, 0.15) is 17.6 Å². The maximum absolute atomic E-state index is 13.0. The number of benzene rings is 2. The van der Waals surface area contributed by atoms with Crippen molar-refractivity contribution < 1.29 is 18.8 Å². The van der Waals surface area contributed by atoms with E-state index < -0.39 is 0 Å². The molecule has 1 unspecified atom stereocenters. The molecule has 0 aromatic heterocycles. The number of hydrogen-bond donors (Lipinski definition) is 0. The summed E-state index contributed by atoms with van der Waals surface area (Å²) in [7, 11) is 1.67. The molecule has 2 aliphatic heterocycles. The van der Waals surface area contributed by atoms with E-state index in [0.29, 0.717) is 19.1 Å². The van der Waals surface area contributed by atoms with Crippen molar-refractivity contribution in [2.24, 2.45) is 0 Å². The standard InChI is InChI=1S/C22H25FN2O3/c1-27-20-8-4-17(5-9-20)18-10-12-24(13-11-18)21-15-28-25(22(21)26)14-16-2-6-19(23)7-3-16/h2-9,18,21H,10-15H2,1H3. The Bertz CT molecular complexity index is 802. The van der Waals surface area contributed by atoms with Crippen LogP contribution in [-0.4, -0.2) is 48.7 Å². The van der Waals surface area contributed by atoms with Crippen LogP contribution in [0.5, 0.6) is 5.75 Å². The van der Waals surface area contributed by atoms with E-state index in [-0.39, 0.29) is 17.8 Å². The van der Waals surface area contributed by atoms with Gasteiger partial charge in [0.05, 0.1) is 20.3 Å². The SMILES string of the molecule is COc1ccc(C2CCN(C3CON(Cc4ccc(F)cc4)C3=O)CC2)cc1. The summed E-state index contributed by atoms with van der Waals surface area (Å²) in [6.45, 7) is 2.48. The van der Waals surface area contributed by atoms with Gasteiger partial charge in [-0.1, -0.05) is 24.3 Å². The molecule has 1 amide bonds. The molecule has 2 saturated heterocycles. The van der Waals surface area contributed by atoms with Gasteiger partial charge in [-0.05, 0) is 67.2 Å². The molecule has 148 valence electrons. The third kappa shape index (κ3) is 4.03. The highest BCUT2D eigenvalue weighted by Crippen LogP contribution is 2.31. The predicted molar refractivity (Wildman–Crippen MR) is 103 cm³/mol. The lowest BCUT2D eigenvalue weighted by Crippen LogP contribution is -2.46. The normalized spacial score (nSPS) is 21.3. The Morgan fingerprint density at radius 2 is 1.75 bits per heavy atom. The minimum atomic E-state index is -0.282. The second kappa shape index (κ2) is 8.29. The molecule has 2 aromatic carbocycles. The van der Waals surface area contributed by atoms with Crippen LogP contribution in [0.4, 0.5) is 4.39 Å². The third-order valence-corrected chi connectivity index (χ3v) is 5.72. The highest BCUT2D eigenvalue weighted by Gasteiger charge is 2.38. The molecular formula is C22H25FN2O3. The molecule has 0 radical (unpaired) electrons. The molecule has 2 fully saturated rings. The van der Waals surface area contributed by atoms with E-state index >= 15 is 0 Å². The van der Waals surface area contributed by atoms with Crippen molar-refractivity contribution in [1.29, 1.82) is 0 Å². The van der Waals surface area contributed by atoms with E-state index in [4.69, 9.17) is 9.57 Å². The number of carbonyl (C=O) groups is 1. The number of hydroxylamine groups is 2. The molecule has 5 nitrogen and oxygen atoms in total. The first-order chi connectivity index (χ1) is 13.6. The van der Waals surface area contributed by atoms with Crippen LogP contribution in [0.25, 0.3) is 0 Å². The highest BCUT2D eigenvalue weighted by molar-refractivity contribution is 5.82. The van der Waals surface area contributed by atoms with E-state index in [1.54, 1.807) is 19.2 Å². The largest absolute Gasteiger partial charge is 0.497 e. The van der Waals surface area contributed by atoms with Crippen molar-refractivity contribution in [3.8, 4) is 5.75 Å². The number of piperidine rings is 1. The number of methoxy groups -OCH3 is 1. The summed E-state index contributed by atoms with van der Waals surface area (Å²) in [4.78, 5) is 20.6. The van der Waals surface area contributed by atoms with Crippen LogP contribution in [0, 0.1) is 5.82 Å². The molecule has 0 saturated carbocycles. The van der Waals surface area contributed by atoms with Crippen LogP contribution in [-0.2, 0) is 16.2 Å². The van der Waals surface area contributed by atoms with Crippen molar-refractivity contribution in [2.45, 2.75) is 31.3 Å². The molecule has 0 spiro atoms. The van der Waals surface area contributed by atoms with Gasteiger partial charge < -0.3 is 4.74 Å². The number of nitrogens with zero attached hydrogens (tertiary/aromatic N) is 2. The zero-order valence-corrected chi connectivity index (χ0v) is 16.0. The smallest absolute Gasteiger partial charge is 0.266 e. The average molecular weight is 384 g/mol. The fraction of sp³-hybridized carbons (Fsp3) is 0.409. The van der Waals surface area contributed by atoms with Gasteiger partial charge in [-0.3, -0.25) is 14.5 Å². The van der Waals surface area contributed by atoms with Gasteiger partial charge in [0.2, 0.25) is 0 Å². The van der Waals surface area contributed by atoms with Crippen LogP contribution in [0.2, 0.25) is 0 Å². The van der Waals surface area contributed by atoms with E-state index in [1.165, 1.54) is 22.8 Å². The number of amides is 1. The number of halogens is 1. The minimum absolute atomic E-state index is 0.00720. The summed E-state index contributed by atoms with van der Waals surface area (Å²) < 4.78 is 18.3. The van der Waals surface area contributed by atoms with Gasteiger partial charge in [-0.15, -0.1) is 0 Å². The lowest BCUT2D eigenvalue weighted by atomic mass is 9.89. The summed E-state index contributed by atoms with van der Waals surface area (Å²) in [6, 6.07) is 14.2. The molecule has 0 N–H and O–H groups in total. The Labute approximate surface area is 164 Å². The van der Waals surface area contributed by atoms with Crippen LogP contribution >= 0.6 is 0 Å². The van der Waals surface area contributed by atoms with E-state index in [0.717, 1.165) is 37.2 Å². The maximum atomic E-state index is 13.0. The summed E-state index contributed by atoms with van der Waals surface area (Å²) in [5.41, 5.74) is 2.18. The molecular weight excluding hydrogens is 359 g/mol. The first-order valence-corrected chi connectivity index (χ1v) is 9.71. The number of likely N-dealkylation sites (tertiary alicyclic amines) is 1. The van der Waals surface area contributed by atoms with Crippen molar-refractivity contribution >= 4 is 5.91 Å². The average Bonchev–Trinajstić information content (AvgIpc) is 3.10. The number of carbonyl (C=O) groups excluding carboxylic acids is 1. The van der Waals surface area contributed by atoms with Gasteiger partial charge in [0.15, 0.2) is 0 Å². The first-order valence-electron chi connectivity index (χ1n) is 9.71. The zero-order valence-electron chi connectivity index (χ0n) is 16.0. The third-order valence-electron chi connectivity index (χ3n) is 5.72. The zero-order chi connectivity index (χ0) is 19.5. The van der Waals surface area contributed by atoms with E-state index in [1.807, 2.05) is 12.1 Å². The van der Waals surface area contributed by atoms with Gasteiger partial charge in [-0.2, -0.15) is 0 Å². The van der Waals surface area contributed by atoms with Crippen LogP contribution in [0.15, 0.2) is 48.5 Å². The quantitative estimate of drug-likeness (QED) is 0.793. The maximum Gasteiger partial charge on any atom is 0.266 e. The number of rotatable bonds is 5. The van der Waals surface area contributed by atoms with E-state index in [2.05, 4.69) is 17.0 Å². The summed E-state index contributed by atoms with van der Waals surface area (Å²) >= 11 is 0. The monoisotopic (exact) mass is 384 g/mol.